The summed E-state index contributed by atoms with van der Waals surface area (Å²) in [6.07, 6.45) is 0. The molecule has 2 heterocycles. The third-order valence-electron chi connectivity index (χ3n) is 5.37. The van der Waals surface area contributed by atoms with E-state index in [1.165, 1.54) is 18.2 Å². The highest BCUT2D eigenvalue weighted by Crippen LogP contribution is 2.26. The van der Waals surface area contributed by atoms with Crippen molar-refractivity contribution in [2.45, 2.75) is 0 Å². The van der Waals surface area contributed by atoms with E-state index in [0.717, 1.165) is 13.1 Å². The second kappa shape index (κ2) is 9.03. The first kappa shape index (κ1) is 21.3. The number of nitrogens with one attached hydrogen (secondary N) is 1. The molecule has 0 atom stereocenters. The Kier molecular flexibility index (Phi) is 6.00. The highest BCUT2D eigenvalue weighted by Gasteiger charge is 2.23. The summed E-state index contributed by atoms with van der Waals surface area (Å²) in [4.78, 5) is 40.2. The lowest BCUT2D eigenvalue weighted by molar-refractivity contribution is -0.384. The number of nitrogens with zero attached hydrogens (tertiary/aromatic N) is 3. The predicted molar refractivity (Wildman–Crippen MR) is 119 cm³/mol. The first-order chi connectivity index (χ1) is 15.4. The Balaban J connectivity index is 1.51. The van der Waals surface area contributed by atoms with Crippen molar-refractivity contribution in [1.29, 1.82) is 0 Å². The number of rotatable bonds is 5. The van der Waals surface area contributed by atoms with Gasteiger partial charge < -0.3 is 19.5 Å². The predicted octanol–water partition coefficient (Wildman–Crippen LogP) is 3.49. The van der Waals surface area contributed by atoms with Crippen LogP contribution in [0.2, 0.25) is 0 Å². The van der Waals surface area contributed by atoms with Gasteiger partial charge in [0.1, 0.15) is 5.76 Å². The molecule has 3 aromatic rings. The largest absolute Gasteiger partial charge is 0.451 e. The lowest BCUT2D eigenvalue weighted by Crippen LogP contribution is -2.47. The van der Waals surface area contributed by atoms with Gasteiger partial charge in [-0.05, 0) is 31.3 Å². The van der Waals surface area contributed by atoms with Gasteiger partial charge in [-0.15, -0.1) is 0 Å². The van der Waals surface area contributed by atoms with E-state index in [2.05, 4.69) is 10.2 Å². The molecule has 32 heavy (non-hydrogen) atoms. The minimum absolute atomic E-state index is 0.0355. The summed E-state index contributed by atoms with van der Waals surface area (Å²) in [5.41, 5.74) is 1.23. The van der Waals surface area contributed by atoms with Gasteiger partial charge in [0.2, 0.25) is 0 Å². The summed E-state index contributed by atoms with van der Waals surface area (Å²) >= 11 is 0. The minimum Gasteiger partial charge on any atom is -0.451 e. The Morgan fingerprint density at radius 2 is 1.75 bits per heavy atom. The molecule has 9 heteroatoms. The van der Waals surface area contributed by atoms with Crippen LogP contribution >= 0.6 is 0 Å². The number of carbonyl (C=O) groups is 2. The van der Waals surface area contributed by atoms with Gasteiger partial charge in [0.15, 0.2) is 5.76 Å². The van der Waals surface area contributed by atoms with Crippen molar-refractivity contribution >= 4 is 23.2 Å². The fraction of sp³-hybridized carbons (Fsp3) is 0.217. The number of anilines is 1. The van der Waals surface area contributed by atoms with E-state index in [0.29, 0.717) is 35.7 Å². The Bertz CT molecular complexity index is 1160. The van der Waals surface area contributed by atoms with Gasteiger partial charge >= 0.3 is 0 Å². The maximum Gasteiger partial charge on any atom is 0.291 e. The number of hydrogen-bond donors (Lipinski definition) is 1. The van der Waals surface area contributed by atoms with E-state index < -0.39 is 10.8 Å². The number of non-ortho nitro benzene ring substituents is 1. The van der Waals surface area contributed by atoms with Crippen LogP contribution in [0.15, 0.2) is 65.1 Å². The summed E-state index contributed by atoms with van der Waals surface area (Å²) < 4.78 is 5.63. The van der Waals surface area contributed by atoms with Crippen LogP contribution < -0.4 is 5.32 Å². The van der Waals surface area contributed by atoms with Crippen molar-refractivity contribution in [1.82, 2.24) is 9.80 Å². The summed E-state index contributed by atoms with van der Waals surface area (Å²) in [5, 5.41) is 13.7. The molecular formula is C23H22N4O5. The number of hydrogen-bond acceptors (Lipinski definition) is 6. The van der Waals surface area contributed by atoms with Crippen molar-refractivity contribution < 1.29 is 18.9 Å². The monoisotopic (exact) mass is 434 g/mol. The first-order valence-electron chi connectivity index (χ1n) is 10.2. The number of benzene rings is 2. The molecule has 0 unspecified atom stereocenters. The Hall–Kier alpha value is -3.98. The molecule has 1 aromatic heterocycles. The van der Waals surface area contributed by atoms with Gasteiger partial charge in [-0.25, -0.2) is 0 Å². The van der Waals surface area contributed by atoms with Gasteiger partial charge in [0.25, 0.3) is 17.5 Å². The van der Waals surface area contributed by atoms with Crippen molar-refractivity contribution in [3.8, 4) is 11.3 Å². The van der Waals surface area contributed by atoms with Crippen LogP contribution in [0.1, 0.15) is 20.9 Å². The zero-order chi connectivity index (χ0) is 22.7. The Morgan fingerprint density at radius 1 is 1.00 bits per heavy atom. The van der Waals surface area contributed by atoms with Gasteiger partial charge in [-0.3, -0.25) is 19.7 Å². The number of amides is 2. The minimum atomic E-state index is -0.514. The van der Waals surface area contributed by atoms with E-state index >= 15 is 0 Å². The van der Waals surface area contributed by atoms with Crippen molar-refractivity contribution in [2.75, 3.05) is 38.5 Å². The number of nitro groups is 1. The zero-order valence-corrected chi connectivity index (χ0v) is 17.5. The third-order valence-corrected chi connectivity index (χ3v) is 5.37. The molecule has 1 aliphatic heterocycles. The molecule has 2 amide bonds. The molecule has 9 nitrogen and oxygen atoms in total. The molecule has 1 N–H and O–H groups in total. The second-order valence-electron chi connectivity index (χ2n) is 7.57. The lowest BCUT2D eigenvalue weighted by Gasteiger charge is -2.32. The van der Waals surface area contributed by atoms with Crippen LogP contribution in [0.25, 0.3) is 11.3 Å². The summed E-state index contributed by atoms with van der Waals surface area (Å²) in [7, 11) is 2.02. The number of nitro benzene ring substituents is 1. The topological polar surface area (TPSA) is 109 Å². The molecule has 2 aromatic carbocycles. The Labute approximate surface area is 184 Å². The summed E-state index contributed by atoms with van der Waals surface area (Å²) in [6, 6.07) is 15.9. The number of likely N-dealkylation sites (N-methyl/N-ethyl adjacent to an activating group) is 1. The van der Waals surface area contributed by atoms with Crippen LogP contribution in [0.4, 0.5) is 11.4 Å². The second-order valence-corrected chi connectivity index (χ2v) is 7.57. The standard InChI is InChI=1S/C23H22N4O5/c1-25-11-13-26(14-12-25)23(29)18-7-2-3-8-19(18)24-22(28)21-10-9-20(32-21)16-5-4-6-17(15-16)27(30)31/h2-10,15H,11-14H2,1H3,(H,24,28). The average molecular weight is 434 g/mol. The van der Waals surface area contributed by atoms with Crippen molar-refractivity contribution in [3.63, 3.8) is 0 Å². The molecule has 0 aliphatic carbocycles. The van der Waals surface area contributed by atoms with E-state index in [4.69, 9.17) is 4.42 Å². The fourth-order valence-electron chi connectivity index (χ4n) is 3.53. The molecule has 164 valence electrons. The molecule has 0 radical (unpaired) electrons. The van der Waals surface area contributed by atoms with Crippen LogP contribution in [0.3, 0.4) is 0 Å². The van der Waals surface area contributed by atoms with E-state index in [1.807, 2.05) is 7.05 Å². The third kappa shape index (κ3) is 4.52. The molecule has 1 fully saturated rings. The number of carbonyl (C=O) groups excluding carboxylic acids is 2. The van der Waals surface area contributed by atoms with Gasteiger partial charge in [-0.1, -0.05) is 24.3 Å². The molecule has 1 saturated heterocycles. The van der Waals surface area contributed by atoms with E-state index in [1.54, 1.807) is 47.4 Å². The highest BCUT2D eigenvalue weighted by atomic mass is 16.6. The zero-order valence-electron chi connectivity index (χ0n) is 17.5. The van der Waals surface area contributed by atoms with Crippen LogP contribution in [0.5, 0.6) is 0 Å². The Morgan fingerprint density at radius 3 is 2.50 bits per heavy atom. The quantitative estimate of drug-likeness (QED) is 0.486. The number of furan rings is 1. The van der Waals surface area contributed by atoms with Gasteiger partial charge in [-0.2, -0.15) is 0 Å². The smallest absolute Gasteiger partial charge is 0.291 e. The molecule has 0 saturated carbocycles. The highest BCUT2D eigenvalue weighted by molar-refractivity contribution is 6.08. The average Bonchev–Trinajstić information content (AvgIpc) is 3.30. The fourth-order valence-corrected chi connectivity index (χ4v) is 3.53. The lowest BCUT2D eigenvalue weighted by atomic mass is 10.1. The first-order valence-corrected chi connectivity index (χ1v) is 10.2. The van der Waals surface area contributed by atoms with Crippen LogP contribution in [-0.4, -0.2) is 59.8 Å². The van der Waals surface area contributed by atoms with Crippen LogP contribution in [0, 0.1) is 10.1 Å². The molecule has 0 bridgehead atoms. The van der Waals surface area contributed by atoms with Gasteiger partial charge in [0.05, 0.1) is 16.2 Å². The number of piperazine rings is 1. The molecule has 4 rings (SSSR count). The maximum absolute atomic E-state index is 13.0. The van der Waals surface area contributed by atoms with Gasteiger partial charge in [0, 0.05) is 43.9 Å². The van der Waals surface area contributed by atoms with Crippen molar-refractivity contribution in [3.05, 3.63) is 82.1 Å². The molecule has 1 aliphatic rings. The normalized spacial score (nSPS) is 14.2. The van der Waals surface area contributed by atoms with E-state index in [-0.39, 0.29) is 17.4 Å². The SMILES string of the molecule is CN1CCN(C(=O)c2ccccc2NC(=O)c2ccc(-c3cccc([N+](=O)[O-])c3)o2)CC1. The maximum atomic E-state index is 13.0. The number of para-hydroxylation sites is 1. The summed E-state index contributed by atoms with van der Waals surface area (Å²) in [6.45, 7) is 2.85. The summed E-state index contributed by atoms with van der Waals surface area (Å²) in [5.74, 6) is -0.278. The molecular weight excluding hydrogens is 412 g/mol. The van der Waals surface area contributed by atoms with Crippen molar-refractivity contribution in [2.24, 2.45) is 0 Å². The molecule has 0 spiro atoms. The van der Waals surface area contributed by atoms with Crippen LogP contribution in [-0.2, 0) is 0 Å². The van der Waals surface area contributed by atoms with E-state index in [9.17, 15) is 19.7 Å².